The first-order valence-electron chi connectivity index (χ1n) is 2.83. The molecule has 0 radical (unpaired) electrons. The minimum atomic E-state index is -0.721. The van der Waals surface area contributed by atoms with Gasteiger partial charge in [0.2, 0.25) is 5.78 Å². The average Bonchev–Trinajstić information content (AvgIpc) is 1.98. The summed E-state index contributed by atoms with van der Waals surface area (Å²) in [7, 11) is 0. The molecule has 0 aromatic heterocycles. The van der Waals surface area contributed by atoms with Crippen LogP contribution in [0.3, 0.4) is 0 Å². The van der Waals surface area contributed by atoms with Crippen LogP contribution in [0.25, 0.3) is 0 Å². The van der Waals surface area contributed by atoms with E-state index in [4.69, 9.17) is 5.84 Å². The number of hydrazine groups is 1. The second-order valence-electron chi connectivity index (χ2n) is 1.53. The predicted octanol–water partition coefficient (Wildman–Crippen LogP) is -0.701. The number of nitrogens with one attached hydrogen (secondary N) is 1. The molecule has 58 valence electrons. The van der Waals surface area contributed by atoms with Crippen molar-refractivity contribution in [3.05, 3.63) is 0 Å². The quantitative estimate of drug-likeness (QED) is 0.248. The van der Waals surface area contributed by atoms with Gasteiger partial charge in [0.05, 0.1) is 5.75 Å². The van der Waals surface area contributed by atoms with Gasteiger partial charge in [-0.15, -0.1) is 0 Å². The number of nitrogens with two attached hydrogens (primary N) is 1. The van der Waals surface area contributed by atoms with Crippen LogP contribution >= 0.6 is 11.8 Å². The Morgan fingerprint density at radius 3 is 2.60 bits per heavy atom. The molecule has 0 aliphatic heterocycles. The van der Waals surface area contributed by atoms with Crippen molar-refractivity contribution in [3.8, 4) is 0 Å². The van der Waals surface area contributed by atoms with Crippen molar-refractivity contribution in [1.82, 2.24) is 5.43 Å². The Morgan fingerprint density at radius 1 is 1.60 bits per heavy atom. The van der Waals surface area contributed by atoms with Crippen LogP contribution in [-0.4, -0.2) is 23.2 Å². The Kier molecular flexibility index (Phi) is 4.96. The van der Waals surface area contributed by atoms with Gasteiger partial charge in [-0.25, -0.2) is 5.84 Å². The maximum Gasteiger partial charge on any atom is 0.302 e. The highest BCUT2D eigenvalue weighted by atomic mass is 32.2. The monoisotopic (exact) mass is 162 g/mol. The van der Waals surface area contributed by atoms with Gasteiger partial charge in [0.1, 0.15) is 0 Å². The van der Waals surface area contributed by atoms with Crippen molar-refractivity contribution in [2.45, 2.75) is 6.92 Å². The first-order valence-corrected chi connectivity index (χ1v) is 3.99. The van der Waals surface area contributed by atoms with Crippen molar-refractivity contribution in [2.75, 3.05) is 11.5 Å². The molecule has 0 saturated heterocycles. The van der Waals surface area contributed by atoms with E-state index in [0.29, 0.717) is 0 Å². The van der Waals surface area contributed by atoms with Gasteiger partial charge in [-0.2, -0.15) is 11.8 Å². The zero-order chi connectivity index (χ0) is 7.98. The van der Waals surface area contributed by atoms with E-state index in [9.17, 15) is 9.59 Å². The molecule has 10 heavy (non-hydrogen) atoms. The van der Waals surface area contributed by atoms with E-state index >= 15 is 0 Å². The van der Waals surface area contributed by atoms with Crippen LogP contribution in [0.4, 0.5) is 0 Å². The van der Waals surface area contributed by atoms with Crippen molar-refractivity contribution in [3.63, 3.8) is 0 Å². The molecule has 5 heteroatoms. The molecule has 0 saturated carbocycles. The molecule has 0 aromatic carbocycles. The Morgan fingerprint density at radius 2 is 2.20 bits per heavy atom. The molecule has 0 aromatic rings. The van der Waals surface area contributed by atoms with E-state index in [2.05, 4.69) is 0 Å². The Bertz CT molecular complexity index is 138. The second-order valence-corrected chi connectivity index (χ2v) is 2.81. The third-order valence-electron chi connectivity index (χ3n) is 0.822. The molecule has 0 aliphatic rings. The zero-order valence-corrected chi connectivity index (χ0v) is 6.53. The van der Waals surface area contributed by atoms with Gasteiger partial charge in [-0.3, -0.25) is 15.0 Å². The standard InChI is InChI=1S/C5H10N2O2S/c1-2-10-3-4(8)5(9)7-6/h2-3,6H2,1H3,(H,7,9). The molecule has 0 unspecified atom stereocenters. The van der Waals surface area contributed by atoms with Gasteiger partial charge in [0, 0.05) is 0 Å². The average molecular weight is 162 g/mol. The van der Waals surface area contributed by atoms with E-state index in [1.54, 1.807) is 5.43 Å². The summed E-state index contributed by atoms with van der Waals surface area (Å²) >= 11 is 1.39. The maximum atomic E-state index is 10.6. The minimum Gasteiger partial charge on any atom is -0.288 e. The lowest BCUT2D eigenvalue weighted by Gasteiger charge is -1.95. The fourth-order valence-corrected chi connectivity index (χ4v) is 0.861. The highest BCUT2D eigenvalue weighted by molar-refractivity contribution is 8.00. The molecule has 0 bridgehead atoms. The molecular weight excluding hydrogens is 152 g/mol. The lowest BCUT2D eigenvalue weighted by atomic mass is 10.4. The summed E-state index contributed by atoms with van der Waals surface area (Å²) in [6.07, 6.45) is 0. The van der Waals surface area contributed by atoms with Crippen LogP contribution in [0.15, 0.2) is 0 Å². The lowest BCUT2D eigenvalue weighted by Crippen LogP contribution is -2.37. The first-order chi connectivity index (χ1) is 4.72. The van der Waals surface area contributed by atoms with Gasteiger partial charge in [-0.1, -0.05) is 6.92 Å². The molecular formula is C5H10N2O2S. The van der Waals surface area contributed by atoms with Crippen molar-refractivity contribution in [1.29, 1.82) is 0 Å². The normalized spacial score (nSPS) is 9.00. The molecule has 0 rings (SSSR count). The van der Waals surface area contributed by atoms with E-state index in [1.165, 1.54) is 11.8 Å². The largest absolute Gasteiger partial charge is 0.302 e. The summed E-state index contributed by atoms with van der Waals surface area (Å²) in [4.78, 5) is 21.0. The number of hydrogen-bond acceptors (Lipinski definition) is 4. The minimum absolute atomic E-state index is 0.208. The SMILES string of the molecule is CCSCC(=O)C(=O)NN. The molecule has 4 nitrogen and oxygen atoms in total. The summed E-state index contributed by atoms with van der Waals surface area (Å²) in [6.45, 7) is 1.91. The summed E-state index contributed by atoms with van der Waals surface area (Å²) < 4.78 is 0. The van der Waals surface area contributed by atoms with Crippen LogP contribution in [0.1, 0.15) is 6.92 Å². The van der Waals surface area contributed by atoms with E-state index in [0.717, 1.165) is 5.75 Å². The summed E-state index contributed by atoms with van der Waals surface area (Å²) in [6, 6.07) is 0. The highest BCUT2D eigenvalue weighted by Gasteiger charge is 2.09. The third-order valence-corrected chi connectivity index (χ3v) is 1.70. The highest BCUT2D eigenvalue weighted by Crippen LogP contribution is 1.97. The lowest BCUT2D eigenvalue weighted by molar-refractivity contribution is -0.136. The molecule has 0 fully saturated rings. The molecule has 1 amide bonds. The Labute approximate surface area is 63.5 Å². The maximum absolute atomic E-state index is 10.6. The first kappa shape index (κ1) is 9.45. The summed E-state index contributed by atoms with van der Waals surface area (Å²) in [5.41, 5.74) is 1.77. The zero-order valence-electron chi connectivity index (χ0n) is 5.72. The van der Waals surface area contributed by atoms with Crippen molar-refractivity contribution < 1.29 is 9.59 Å². The van der Waals surface area contributed by atoms with Gasteiger partial charge in [0.25, 0.3) is 0 Å². The molecule has 0 spiro atoms. The number of Topliss-reactive ketones (excluding diaryl/α,β-unsaturated/α-hetero) is 1. The number of amides is 1. The van der Waals surface area contributed by atoms with Crippen LogP contribution in [0, 0.1) is 0 Å². The summed E-state index contributed by atoms with van der Waals surface area (Å²) in [5.74, 6) is 4.55. The molecule has 0 heterocycles. The second kappa shape index (κ2) is 5.25. The number of carbonyl (C=O) groups is 2. The van der Waals surface area contributed by atoms with Crippen molar-refractivity contribution in [2.24, 2.45) is 5.84 Å². The Balaban J connectivity index is 3.52. The fraction of sp³-hybridized carbons (Fsp3) is 0.600. The number of ketones is 1. The van der Waals surface area contributed by atoms with Crippen LogP contribution in [0.2, 0.25) is 0 Å². The Hall–Kier alpha value is -0.550. The van der Waals surface area contributed by atoms with Crippen molar-refractivity contribution >= 4 is 23.5 Å². The number of thioether (sulfide) groups is 1. The fourth-order valence-electron chi connectivity index (χ4n) is 0.341. The molecule has 0 atom stereocenters. The number of rotatable bonds is 4. The summed E-state index contributed by atoms with van der Waals surface area (Å²) in [5, 5.41) is 0. The third kappa shape index (κ3) is 3.47. The number of carbonyl (C=O) groups excluding carboxylic acids is 2. The smallest absolute Gasteiger partial charge is 0.288 e. The van der Waals surface area contributed by atoms with E-state index < -0.39 is 11.7 Å². The van der Waals surface area contributed by atoms with Gasteiger partial charge < -0.3 is 0 Å². The molecule has 0 aliphatic carbocycles. The van der Waals surface area contributed by atoms with Crippen LogP contribution in [-0.2, 0) is 9.59 Å². The van der Waals surface area contributed by atoms with Gasteiger partial charge in [-0.05, 0) is 5.75 Å². The van der Waals surface area contributed by atoms with Crippen LogP contribution in [0.5, 0.6) is 0 Å². The predicted molar refractivity (Wildman–Crippen MR) is 40.3 cm³/mol. The molecule has 3 N–H and O–H groups in total. The number of hydrogen-bond donors (Lipinski definition) is 2. The topological polar surface area (TPSA) is 72.2 Å². The van der Waals surface area contributed by atoms with Crippen LogP contribution < -0.4 is 11.3 Å². The van der Waals surface area contributed by atoms with E-state index in [-0.39, 0.29) is 5.75 Å². The van der Waals surface area contributed by atoms with Gasteiger partial charge >= 0.3 is 5.91 Å². The van der Waals surface area contributed by atoms with E-state index in [1.807, 2.05) is 6.92 Å². The van der Waals surface area contributed by atoms with Gasteiger partial charge in [0.15, 0.2) is 0 Å².